The molecule has 22 heavy (non-hydrogen) atoms. The van der Waals surface area contributed by atoms with Crippen molar-refractivity contribution < 1.29 is 4.74 Å². The van der Waals surface area contributed by atoms with Gasteiger partial charge in [0.15, 0.2) is 5.16 Å². The van der Waals surface area contributed by atoms with Crippen LogP contribution in [-0.4, -0.2) is 52.5 Å². The minimum atomic E-state index is 0.0877. The summed E-state index contributed by atoms with van der Waals surface area (Å²) in [5.41, 5.74) is 0.909. The number of thioether (sulfide) groups is 1. The number of fused-ring (bicyclic) bond motifs is 1. The van der Waals surface area contributed by atoms with E-state index in [9.17, 15) is 4.79 Å². The van der Waals surface area contributed by atoms with Crippen LogP contribution < -0.4 is 5.56 Å². The Balaban J connectivity index is 1.71. The fourth-order valence-electron chi connectivity index (χ4n) is 2.66. The maximum atomic E-state index is 12.5. The van der Waals surface area contributed by atoms with Gasteiger partial charge in [0.25, 0.3) is 5.56 Å². The van der Waals surface area contributed by atoms with Gasteiger partial charge in [-0.2, -0.15) is 0 Å². The summed E-state index contributed by atoms with van der Waals surface area (Å²) in [6, 6.07) is 2.39. The Bertz CT molecular complexity index is 698. The van der Waals surface area contributed by atoms with Gasteiger partial charge in [-0.1, -0.05) is 11.8 Å². The van der Waals surface area contributed by atoms with Crippen LogP contribution in [0.1, 0.15) is 13.8 Å². The van der Waals surface area contributed by atoms with Crippen molar-refractivity contribution in [2.45, 2.75) is 31.6 Å². The molecule has 0 amide bonds. The van der Waals surface area contributed by atoms with Crippen LogP contribution in [0.25, 0.3) is 10.2 Å². The SMILES string of the molecule is CCn1c(SCCN2CCOC[C@H]2C)nc2ccsc2c1=O. The van der Waals surface area contributed by atoms with Gasteiger partial charge >= 0.3 is 0 Å². The molecule has 0 unspecified atom stereocenters. The summed E-state index contributed by atoms with van der Waals surface area (Å²) in [5.74, 6) is 0.937. The van der Waals surface area contributed by atoms with Gasteiger partial charge in [-0.3, -0.25) is 14.3 Å². The zero-order chi connectivity index (χ0) is 15.5. The van der Waals surface area contributed by atoms with Crippen molar-refractivity contribution in [3.8, 4) is 0 Å². The molecule has 0 aliphatic carbocycles. The molecule has 1 aliphatic rings. The smallest absolute Gasteiger partial charge is 0.272 e. The van der Waals surface area contributed by atoms with Gasteiger partial charge < -0.3 is 4.74 Å². The van der Waals surface area contributed by atoms with Crippen LogP contribution in [0.3, 0.4) is 0 Å². The summed E-state index contributed by atoms with van der Waals surface area (Å²) in [4.78, 5) is 19.6. The van der Waals surface area contributed by atoms with E-state index in [2.05, 4.69) is 16.8 Å². The zero-order valence-electron chi connectivity index (χ0n) is 12.9. The number of ether oxygens (including phenoxy) is 1. The molecule has 1 aliphatic heterocycles. The third-order valence-electron chi connectivity index (χ3n) is 3.96. The first-order valence-electron chi connectivity index (χ1n) is 7.63. The van der Waals surface area contributed by atoms with Crippen molar-refractivity contribution >= 4 is 33.3 Å². The second kappa shape index (κ2) is 7.12. The van der Waals surface area contributed by atoms with Crippen molar-refractivity contribution in [2.24, 2.45) is 0 Å². The Morgan fingerprint density at radius 3 is 3.18 bits per heavy atom. The molecule has 0 N–H and O–H groups in total. The van der Waals surface area contributed by atoms with Crippen LogP contribution in [0.2, 0.25) is 0 Å². The first-order chi connectivity index (χ1) is 10.7. The van der Waals surface area contributed by atoms with Crippen LogP contribution in [0, 0.1) is 0 Å². The van der Waals surface area contributed by atoms with Gasteiger partial charge in [0.1, 0.15) is 4.70 Å². The van der Waals surface area contributed by atoms with Crippen LogP contribution in [-0.2, 0) is 11.3 Å². The highest BCUT2D eigenvalue weighted by Gasteiger charge is 2.18. The van der Waals surface area contributed by atoms with E-state index in [1.165, 1.54) is 11.3 Å². The first-order valence-corrected chi connectivity index (χ1v) is 9.50. The number of thiophene rings is 1. The maximum absolute atomic E-state index is 12.5. The summed E-state index contributed by atoms with van der Waals surface area (Å²) in [7, 11) is 0. The van der Waals surface area contributed by atoms with Crippen LogP contribution in [0.4, 0.5) is 0 Å². The van der Waals surface area contributed by atoms with Crippen molar-refractivity contribution in [3.63, 3.8) is 0 Å². The predicted molar refractivity (Wildman–Crippen MR) is 92.1 cm³/mol. The number of nitrogens with zero attached hydrogens (tertiary/aromatic N) is 3. The zero-order valence-corrected chi connectivity index (χ0v) is 14.6. The highest BCUT2D eigenvalue weighted by molar-refractivity contribution is 7.99. The lowest BCUT2D eigenvalue weighted by atomic mass is 10.2. The number of hydrogen-bond acceptors (Lipinski definition) is 6. The van der Waals surface area contributed by atoms with Gasteiger partial charge in [0.05, 0.1) is 18.7 Å². The molecule has 1 saturated heterocycles. The summed E-state index contributed by atoms with van der Waals surface area (Å²) < 4.78 is 8.00. The number of hydrogen-bond donors (Lipinski definition) is 0. The second-order valence-corrected chi connectivity index (χ2v) is 7.37. The third-order valence-corrected chi connectivity index (χ3v) is 5.81. The molecule has 7 heteroatoms. The molecule has 0 bridgehead atoms. The predicted octanol–water partition coefficient (Wildman–Crippen LogP) is 2.29. The van der Waals surface area contributed by atoms with Crippen molar-refractivity contribution in [1.29, 1.82) is 0 Å². The Hall–Kier alpha value is -0.890. The highest BCUT2D eigenvalue weighted by Crippen LogP contribution is 2.21. The standard InChI is InChI=1S/C15H21N3O2S2/c1-3-18-14(19)13-12(4-8-21-13)16-15(18)22-9-6-17-5-7-20-10-11(17)2/h4,8,11H,3,5-7,9-10H2,1-2H3/t11-/m1/s1. The average molecular weight is 339 g/mol. The summed E-state index contributed by atoms with van der Waals surface area (Å²) in [6.45, 7) is 8.46. The molecule has 0 spiro atoms. The first kappa shape index (κ1) is 16.0. The molecule has 2 aromatic heterocycles. The quantitative estimate of drug-likeness (QED) is 0.618. The Kier molecular flexibility index (Phi) is 5.18. The van der Waals surface area contributed by atoms with Crippen molar-refractivity contribution in [2.75, 3.05) is 32.1 Å². The molecule has 0 radical (unpaired) electrons. The van der Waals surface area contributed by atoms with E-state index in [0.29, 0.717) is 12.6 Å². The van der Waals surface area contributed by atoms with Crippen LogP contribution >= 0.6 is 23.1 Å². The molecule has 3 rings (SSSR count). The third kappa shape index (κ3) is 3.22. The molecule has 0 aromatic carbocycles. The molecular weight excluding hydrogens is 318 g/mol. The summed E-state index contributed by atoms with van der Waals surface area (Å²) in [5, 5.41) is 2.77. The van der Waals surface area contributed by atoms with E-state index in [1.54, 1.807) is 16.3 Å². The Morgan fingerprint density at radius 1 is 1.55 bits per heavy atom. The van der Waals surface area contributed by atoms with E-state index in [4.69, 9.17) is 4.74 Å². The van der Waals surface area contributed by atoms with E-state index in [-0.39, 0.29) is 5.56 Å². The molecular formula is C15H21N3O2S2. The molecule has 2 aromatic rings. The maximum Gasteiger partial charge on any atom is 0.272 e. The Morgan fingerprint density at radius 2 is 2.41 bits per heavy atom. The fraction of sp³-hybridized carbons (Fsp3) is 0.600. The minimum Gasteiger partial charge on any atom is -0.379 e. The van der Waals surface area contributed by atoms with Crippen molar-refractivity contribution in [3.05, 3.63) is 21.8 Å². The largest absolute Gasteiger partial charge is 0.379 e. The van der Waals surface area contributed by atoms with Gasteiger partial charge in [0, 0.05) is 31.4 Å². The lowest BCUT2D eigenvalue weighted by Crippen LogP contribution is -2.44. The van der Waals surface area contributed by atoms with Crippen molar-refractivity contribution in [1.82, 2.24) is 14.5 Å². The second-order valence-electron chi connectivity index (χ2n) is 5.39. The van der Waals surface area contributed by atoms with E-state index >= 15 is 0 Å². The molecule has 1 fully saturated rings. The number of rotatable bonds is 5. The van der Waals surface area contributed by atoms with Crippen LogP contribution in [0.5, 0.6) is 0 Å². The van der Waals surface area contributed by atoms with E-state index in [1.807, 2.05) is 18.4 Å². The van der Waals surface area contributed by atoms with E-state index < -0.39 is 0 Å². The normalized spacial score (nSPS) is 19.8. The Labute approximate surface area is 138 Å². The van der Waals surface area contributed by atoms with Gasteiger partial charge in [0.2, 0.25) is 0 Å². The highest BCUT2D eigenvalue weighted by atomic mass is 32.2. The molecule has 1 atom stereocenters. The lowest BCUT2D eigenvalue weighted by Gasteiger charge is -2.33. The summed E-state index contributed by atoms with van der Waals surface area (Å²) in [6.07, 6.45) is 0. The molecule has 5 nitrogen and oxygen atoms in total. The molecule has 0 saturated carbocycles. The minimum absolute atomic E-state index is 0.0877. The fourth-order valence-corrected chi connectivity index (χ4v) is 4.48. The average Bonchev–Trinajstić information content (AvgIpc) is 2.98. The van der Waals surface area contributed by atoms with Crippen LogP contribution in [0.15, 0.2) is 21.4 Å². The topological polar surface area (TPSA) is 47.4 Å². The number of aromatic nitrogens is 2. The van der Waals surface area contributed by atoms with Gasteiger partial charge in [-0.05, 0) is 25.3 Å². The van der Waals surface area contributed by atoms with E-state index in [0.717, 1.165) is 47.4 Å². The lowest BCUT2D eigenvalue weighted by molar-refractivity contribution is 0.00298. The monoisotopic (exact) mass is 339 g/mol. The molecule has 3 heterocycles. The van der Waals surface area contributed by atoms with Gasteiger partial charge in [-0.25, -0.2) is 4.98 Å². The summed E-state index contributed by atoms with van der Waals surface area (Å²) >= 11 is 3.15. The number of morpholine rings is 1. The van der Waals surface area contributed by atoms with Gasteiger partial charge in [-0.15, -0.1) is 11.3 Å². The molecule has 120 valence electrons.